The van der Waals surface area contributed by atoms with Gasteiger partial charge in [0.15, 0.2) is 5.82 Å². The van der Waals surface area contributed by atoms with Gasteiger partial charge in [0.05, 0.1) is 21.8 Å². The van der Waals surface area contributed by atoms with Crippen LogP contribution in [0.5, 0.6) is 0 Å². The third-order valence-electron chi connectivity index (χ3n) is 3.74. The number of aromatic nitrogens is 2. The number of hydrogen-bond donors (Lipinski definition) is 0. The molecular weight excluding hydrogens is 420 g/mol. The molecule has 0 aliphatic rings. The van der Waals surface area contributed by atoms with Gasteiger partial charge in [-0.1, -0.05) is 37.0 Å². The third kappa shape index (κ3) is 3.98. The molecule has 0 radical (unpaired) electrons. The molecule has 148 valence electrons. The Kier molecular flexibility index (Phi) is 6.37. The standard InChI is InChI=1S/C17H13Cl2F3N4O2/c1-3-13(27)25(14(28)4-2)16-9(7-23)8-24-26(16)15-11(18)5-10(6-12(15)19)17(20,21)22/h5-6,8H,3-4H2,1-2H3. The summed E-state index contributed by atoms with van der Waals surface area (Å²) in [7, 11) is 0. The highest BCUT2D eigenvalue weighted by atomic mass is 35.5. The molecule has 2 amide bonds. The number of amides is 2. The molecule has 1 aromatic carbocycles. The first-order valence-electron chi connectivity index (χ1n) is 7.97. The van der Waals surface area contributed by atoms with Crippen molar-refractivity contribution in [2.24, 2.45) is 0 Å². The van der Waals surface area contributed by atoms with Crippen molar-refractivity contribution in [1.29, 1.82) is 5.26 Å². The SMILES string of the molecule is CCC(=O)N(C(=O)CC)c1c(C#N)cnn1-c1c(Cl)cc(C(F)(F)F)cc1Cl. The third-order valence-corrected chi connectivity index (χ3v) is 4.31. The average molecular weight is 433 g/mol. The van der Waals surface area contributed by atoms with Crippen LogP contribution in [0.25, 0.3) is 5.69 Å². The fourth-order valence-corrected chi connectivity index (χ4v) is 3.07. The number of nitrogens with zero attached hydrogens (tertiary/aromatic N) is 4. The second kappa shape index (κ2) is 8.20. The summed E-state index contributed by atoms with van der Waals surface area (Å²) in [5.74, 6) is -1.47. The predicted molar refractivity (Wildman–Crippen MR) is 96.4 cm³/mol. The minimum absolute atomic E-state index is 0.0593. The Balaban J connectivity index is 2.80. The van der Waals surface area contributed by atoms with Gasteiger partial charge in [-0.05, 0) is 12.1 Å². The van der Waals surface area contributed by atoms with Gasteiger partial charge in [-0.3, -0.25) is 9.59 Å². The number of benzene rings is 1. The molecular formula is C17H13Cl2F3N4O2. The maximum absolute atomic E-state index is 13.0. The van der Waals surface area contributed by atoms with Crippen LogP contribution in [0.2, 0.25) is 10.0 Å². The van der Waals surface area contributed by atoms with Crippen molar-refractivity contribution in [2.75, 3.05) is 4.90 Å². The van der Waals surface area contributed by atoms with Crippen molar-refractivity contribution in [2.45, 2.75) is 32.9 Å². The van der Waals surface area contributed by atoms with Crippen LogP contribution in [0.4, 0.5) is 19.0 Å². The molecule has 11 heteroatoms. The zero-order chi connectivity index (χ0) is 21.2. The lowest BCUT2D eigenvalue weighted by atomic mass is 10.2. The van der Waals surface area contributed by atoms with Crippen molar-refractivity contribution in [3.63, 3.8) is 0 Å². The average Bonchev–Trinajstić information content (AvgIpc) is 3.03. The minimum Gasteiger partial charge on any atom is -0.274 e. The first-order valence-corrected chi connectivity index (χ1v) is 8.72. The second-order valence-electron chi connectivity index (χ2n) is 5.52. The fraction of sp³-hybridized carbons (Fsp3) is 0.294. The van der Waals surface area contributed by atoms with Crippen LogP contribution >= 0.6 is 23.2 Å². The monoisotopic (exact) mass is 432 g/mol. The van der Waals surface area contributed by atoms with Crippen molar-refractivity contribution in [1.82, 2.24) is 9.78 Å². The number of carbonyl (C=O) groups excluding carboxylic acids is 2. The molecule has 1 heterocycles. The van der Waals surface area contributed by atoms with E-state index < -0.39 is 33.6 Å². The Morgan fingerprint density at radius 1 is 1.18 bits per heavy atom. The van der Waals surface area contributed by atoms with E-state index in [1.54, 1.807) is 6.07 Å². The highest BCUT2D eigenvalue weighted by Crippen LogP contribution is 2.39. The fourth-order valence-electron chi connectivity index (χ4n) is 2.42. The van der Waals surface area contributed by atoms with Crippen LogP contribution in [0.3, 0.4) is 0 Å². The summed E-state index contributed by atoms with van der Waals surface area (Å²) in [5, 5.41) is 12.5. The molecule has 28 heavy (non-hydrogen) atoms. The zero-order valence-corrected chi connectivity index (χ0v) is 16.2. The van der Waals surface area contributed by atoms with E-state index in [-0.39, 0.29) is 29.9 Å². The smallest absolute Gasteiger partial charge is 0.274 e. The summed E-state index contributed by atoms with van der Waals surface area (Å²) in [4.78, 5) is 25.5. The van der Waals surface area contributed by atoms with Crippen LogP contribution in [-0.2, 0) is 15.8 Å². The van der Waals surface area contributed by atoms with Gasteiger partial charge in [0.2, 0.25) is 11.8 Å². The van der Waals surface area contributed by atoms with E-state index in [4.69, 9.17) is 23.2 Å². The molecule has 2 aromatic rings. The molecule has 2 rings (SSSR count). The second-order valence-corrected chi connectivity index (χ2v) is 6.34. The van der Waals surface area contributed by atoms with E-state index in [0.29, 0.717) is 12.1 Å². The van der Waals surface area contributed by atoms with Gasteiger partial charge in [-0.2, -0.15) is 23.5 Å². The van der Waals surface area contributed by atoms with E-state index in [1.165, 1.54) is 13.8 Å². The highest BCUT2D eigenvalue weighted by molar-refractivity contribution is 6.38. The van der Waals surface area contributed by atoms with Crippen LogP contribution < -0.4 is 4.90 Å². The van der Waals surface area contributed by atoms with E-state index in [1.807, 2.05) is 0 Å². The number of anilines is 1. The summed E-state index contributed by atoms with van der Waals surface area (Å²) in [6.45, 7) is 3.03. The number of carbonyl (C=O) groups is 2. The summed E-state index contributed by atoms with van der Waals surface area (Å²) in [6.07, 6.45) is -3.73. The maximum atomic E-state index is 13.0. The summed E-state index contributed by atoms with van der Waals surface area (Å²) < 4.78 is 39.8. The van der Waals surface area contributed by atoms with Gasteiger partial charge in [0.25, 0.3) is 0 Å². The van der Waals surface area contributed by atoms with Gasteiger partial charge in [-0.25, -0.2) is 9.58 Å². The van der Waals surface area contributed by atoms with Gasteiger partial charge in [0, 0.05) is 12.8 Å². The highest BCUT2D eigenvalue weighted by Gasteiger charge is 2.34. The number of hydrogen-bond acceptors (Lipinski definition) is 4. The lowest BCUT2D eigenvalue weighted by molar-refractivity contribution is -0.137. The normalized spacial score (nSPS) is 11.2. The molecule has 0 fully saturated rings. The molecule has 0 atom stereocenters. The molecule has 0 saturated carbocycles. The van der Waals surface area contributed by atoms with Crippen molar-refractivity contribution in [3.8, 4) is 11.8 Å². The molecule has 0 N–H and O–H groups in total. The van der Waals surface area contributed by atoms with Crippen molar-refractivity contribution in [3.05, 3.63) is 39.5 Å². The molecule has 0 unspecified atom stereocenters. The lowest BCUT2D eigenvalue weighted by Gasteiger charge is -2.22. The van der Waals surface area contributed by atoms with Gasteiger partial charge >= 0.3 is 6.18 Å². The van der Waals surface area contributed by atoms with E-state index >= 15 is 0 Å². The summed E-state index contributed by atoms with van der Waals surface area (Å²) >= 11 is 12.0. The summed E-state index contributed by atoms with van der Waals surface area (Å²) in [5.41, 5.74) is -1.41. The number of alkyl halides is 3. The van der Waals surface area contributed by atoms with Crippen molar-refractivity contribution < 1.29 is 22.8 Å². The first-order chi connectivity index (χ1) is 13.1. The van der Waals surface area contributed by atoms with Gasteiger partial charge in [0.1, 0.15) is 17.3 Å². The number of nitriles is 1. The van der Waals surface area contributed by atoms with E-state index in [2.05, 4.69) is 5.10 Å². The number of halogens is 5. The Labute approximate surface area is 168 Å². The molecule has 0 spiro atoms. The summed E-state index contributed by atoms with van der Waals surface area (Å²) in [6, 6.07) is 3.10. The Hall–Kier alpha value is -2.57. The van der Waals surface area contributed by atoms with Gasteiger partial charge in [-0.15, -0.1) is 0 Å². The Morgan fingerprint density at radius 3 is 2.07 bits per heavy atom. The zero-order valence-electron chi connectivity index (χ0n) is 14.6. The Morgan fingerprint density at radius 2 is 1.68 bits per heavy atom. The topological polar surface area (TPSA) is 79.0 Å². The Bertz CT molecular complexity index is 941. The lowest BCUT2D eigenvalue weighted by Crippen LogP contribution is -2.38. The number of imide groups is 1. The van der Waals surface area contributed by atoms with E-state index in [0.717, 1.165) is 15.8 Å². The van der Waals surface area contributed by atoms with Crippen LogP contribution in [-0.4, -0.2) is 21.6 Å². The van der Waals surface area contributed by atoms with Crippen LogP contribution in [0.15, 0.2) is 18.3 Å². The molecule has 1 aromatic heterocycles. The van der Waals surface area contributed by atoms with Crippen molar-refractivity contribution >= 4 is 40.8 Å². The van der Waals surface area contributed by atoms with Gasteiger partial charge < -0.3 is 0 Å². The molecule has 6 nitrogen and oxygen atoms in total. The van der Waals surface area contributed by atoms with E-state index in [9.17, 15) is 28.0 Å². The maximum Gasteiger partial charge on any atom is 0.416 e. The largest absolute Gasteiger partial charge is 0.416 e. The molecule has 0 aliphatic carbocycles. The number of rotatable bonds is 4. The van der Waals surface area contributed by atoms with Crippen LogP contribution in [0, 0.1) is 11.3 Å². The van der Waals surface area contributed by atoms with Crippen LogP contribution in [0.1, 0.15) is 37.8 Å². The first kappa shape index (κ1) is 21.7. The minimum atomic E-state index is -4.68. The molecule has 0 aliphatic heterocycles. The molecule has 0 saturated heterocycles. The predicted octanol–water partition coefficient (Wildman–Crippen LogP) is 4.75. The molecule has 0 bridgehead atoms. The quantitative estimate of drug-likeness (QED) is 0.697.